The van der Waals surface area contributed by atoms with Gasteiger partial charge in [0.15, 0.2) is 0 Å². The van der Waals surface area contributed by atoms with Crippen LogP contribution in [0.15, 0.2) is 77.8 Å². The number of aromatic nitrogens is 1. The molecule has 0 fully saturated rings. The largest absolute Gasteiger partial charge is 0.497 e. The fourth-order valence-corrected chi connectivity index (χ4v) is 5.51. The number of nitrogens with zero attached hydrogens (tertiary/aromatic N) is 2. The van der Waals surface area contributed by atoms with Crippen molar-refractivity contribution in [3.05, 3.63) is 84.1 Å². The number of hydrogen-bond acceptors (Lipinski definition) is 7. The molecular formula is C26H27N3O5S. The first kappa shape index (κ1) is 24.3. The Kier molecular flexibility index (Phi) is 7.09. The van der Waals surface area contributed by atoms with Crippen molar-refractivity contribution in [1.29, 1.82) is 0 Å². The Morgan fingerprint density at radius 1 is 0.771 bits per heavy atom. The topological polar surface area (TPSA) is 104 Å². The first-order chi connectivity index (χ1) is 16.8. The van der Waals surface area contributed by atoms with E-state index in [-0.39, 0.29) is 18.0 Å². The first-order valence-electron chi connectivity index (χ1n) is 10.8. The van der Waals surface area contributed by atoms with Crippen LogP contribution in [-0.4, -0.2) is 39.0 Å². The molecule has 0 atom stereocenters. The highest BCUT2D eigenvalue weighted by Gasteiger charge is 2.28. The van der Waals surface area contributed by atoms with Gasteiger partial charge in [-0.2, -0.15) is 4.31 Å². The standard InChI is InChI=1S/C26H27N3O5S/c1-32-21-8-4-18(5-9-21)16-29(17-19-6-10-22(33-2)11-7-19)35(30,31)25-15-20(27)14-24-23(25)12-13-28-26(24)34-3/h4-15H,16-17,27H2,1-3H3. The monoisotopic (exact) mass is 493 g/mol. The lowest BCUT2D eigenvalue weighted by Gasteiger charge is -2.24. The maximum absolute atomic E-state index is 14.1. The number of hydrogen-bond donors (Lipinski definition) is 1. The minimum atomic E-state index is -4.00. The van der Waals surface area contributed by atoms with Gasteiger partial charge in [-0.15, -0.1) is 0 Å². The number of fused-ring (bicyclic) bond motifs is 1. The molecule has 0 aliphatic carbocycles. The predicted octanol–water partition coefficient (Wildman–Crippen LogP) is 4.23. The number of anilines is 1. The van der Waals surface area contributed by atoms with Gasteiger partial charge in [-0.1, -0.05) is 24.3 Å². The number of nitrogens with two attached hydrogens (primary N) is 1. The van der Waals surface area contributed by atoms with Crippen LogP contribution in [0.3, 0.4) is 0 Å². The first-order valence-corrected chi connectivity index (χ1v) is 12.3. The minimum absolute atomic E-state index is 0.0928. The quantitative estimate of drug-likeness (QED) is 0.348. The van der Waals surface area contributed by atoms with Crippen molar-refractivity contribution >= 4 is 26.5 Å². The molecule has 0 saturated carbocycles. The molecule has 0 radical (unpaired) electrons. The van der Waals surface area contributed by atoms with Crippen LogP contribution in [0.5, 0.6) is 17.4 Å². The molecule has 8 nitrogen and oxygen atoms in total. The summed E-state index contributed by atoms with van der Waals surface area (Å²) in [6.07, 6.45) is 1.52. The van der Waals surface area contributed by atoms with Crippen molar-refractivity contribution in [2.24, 2.45) is 0 Å². The lowest BCUT2D eigenvalue weighted by atomic mass is 10.1. The maximum atomic E-state index is 14.1. The fraction of sp³-hybridized carbons (Fsp3) is 0.192. The summed E-state index contributed by atoms with van der Waals surface area (Å²) in [7, 11) is 0.663. The molecule has 1 aromatic heterocycles. The number of rotatable bonds is 9. The average Bonchev–Trinajstić information content (AvgIpc) is 2.88. The van der Waals surface area contributed by atoms with Crippen LogP contribution in [0.4, 0.5) is 5.69 Å². The fourth-order valence-electron chi connectivity index (χ4n) is 3.86. The van der Waals surface area contributed by atoms with Gasteiger partial charge < -0.3 is 19.9 Å². The van der Waals surface area contributed by atoms with E-state index in [1.165, 1.54) is 23.7 Å². The number of benzene rings is 3. The van der Waals surface area contributed by atoms with Gasteiger partial charge in [-0.3, -0.25) is 0 Å². The van der Waals surface area contributed by atoms with Gasteiger partial charge in [0.2, 0.25) is 15.9 Å². The van der Waals surface area contributed by atoms with E-state index in [1.54, 1.807) is 50.6 Å². The average molecular weight is 494 g/mol. The summed E-state index contributed by atoms with van der Waals surface area (Å²) in [6, 6.07) is 19.4. The second-order valence-electron chi connectivity index (χ2n) is 7.90. The molecule has 1 heterocycles. The van der Waals surface area contributed by atoms with E-state index in [9.17, 15) is 8.42 Å². The van der Waals surface area contributed by atoms with Crippen LogP contribution in [0.2, 0.25) is 0 Å². The van der Waals surface area contributed by atoms with E-state index < -0.39 is 10.0 Å². The van der Waals surface area contributed by atoms with Crippen molar-refractivity contribution in [3.8, 4) is 17.4 Å². The van der Waals surface area contributed by atoms with Crippen LogP contribution in [0.1, 0.15) is 11.1 Å². The summed E-state index contributed by atoms with van der Waals surface area (Å²) in [5.41, 5.74) is 8.05. The third-order valence-corrected chi connectivity index (χ3v) is 7.51. The molecule has 0 aliphatic heterocycles. The van der Waals surface area contributed by atoms with Gasteiger partial charge in [-0.25, -0.2) is 13.4 Å². The Morgan fingerprint density at radius 2 is 1.31 bits per heavy atom. The molecule has 182 valence electrons. The summed E-state index contributed by atoms with van der Waals surface area (Å²) in [4.78, 5) is 4.29. The SMILES string of the molecule is COc1ccc(CN(Cc2ccc(OC)cc2)S(=O)(=O)c2cc(N)cc3c(OC)nccc23)cc1. The predicted molar refractivity (Wildman–Crippen MR) is 135 cm³/mol. The van der Waals surface area contributed by atoms with E-state index in [4.69, 9.17) is 19.9 Å². The lowest BCUT2D eigenvalue weighted by Crippen LogP contribution is -2.30. The Balaban J connectivity index is 1.81. The highest BCUT2D eigenvalue weighted by Crippen LogP contribution is 2.34. The molecule has 35 heavy (non-hydrogen) atoms. The van der Waals surface area contributed by atoms with Crippen molar-refractivity contribution < 1.29 is 22.6 Å². The van der Waals surface area contributed by atoms with E-state index in [0.29, 0.717) is 33.8 Å². The number of sulfonamides is 1. The third-order valence-electron chi connectivity index (χ3n) is 5.67. The van der Waals surface area contributed by atoms with Gasteiger partial charge in [0.1, 0.15) is 11.5 Å². The highest BCUT2D eigenvalue weighted by atomic mass is 32.2. The van der Waals surface area contributed by atoms with Crippen LogP contribution in [-0.2, 0) is 23.1 Å². The van der Waals surface area contributed by atoms with E-state index in [0.717, 1.165) is 11.1 Å². The van der Waals surface area contributed by atoms with E-state index >= 15 is 0 Å². The van der Waals surface area contributed by atoms with Gasteiger partial charge >= 0.3 is 0 Å². The van der Waals surface area contributed by atoms with Gasteiger partial charge in [0.25, 0.3) is 0 Å². The molecule has 4 aromatic rings. The zero-order chi connectivity index (χ0) is 25.0. The van der Waals surface area contributed by atoms with Crippen molar-refractivity contribution in [3.63, 3.8) is 0 Å². The summed E-state index contributed by atoms with van der Waals surface area (Å²) < 4.78 is 45.5. The molecule has 4 rings (SSSR count). The number of ether oxygens (including phenoxy) is 3. The smallest absolute Gasteiger partial charge is 0.244 e. The molecule has 9 heteroatoms. The lowest BCUT2D eigenvalue weighted by molar-refractivity contribution is 0.398. The number of pyridine rings is 1. The molecule has 0 saturated heterocycles. The summed E-state index contributed by atoms with van der Waals surface area (Å²) in [5.74, 6) is 1.70. The summed E-state index contributed by atoms with van der Waals surface area (Å²) in [5, 5.41) is 1.02. The molecule has 3 aromatic carbocycles. The Hall–Kier alpha value is -3.82. The number of nitrogen functional groups attached to an aromatic ring is 1. The van der Waals surface area contributed by atoms with Crippen molar-refractivity contribution in [2.75, 3.05) is 27.1 Å². The molecule has 0 spiro atoms. The Bertz CT molecular complexity index is 1370. The number of methoxy groups -OCH3 is 3. The zero-order valence-corrected chi connectivity index (χ0v) is 20.6. The summed E-state index contributed by atoms with van der Waals surface area (Å²) in [6.45, 7) is 0.299. The molecule has 0 amide bonds. The summed E-state index contributed by atoms with van der Waals surface area (Å²) >= 11 is 0. The molecule has 0 unspecified atom stereocenters. The Labute approximate surface area is 204 Å². The van der Waals surface area contributed by atoms with Crippen LogP contribution >= 0.6 is 0 Å². The van der Waals surface area contributed by atoms with Gasteiger partial charge in [0, 0.05) is 35.7 Å². The zero-order valence-electron chi connectivity index (χ0n) is 19.8. The second kappa shape index (κ2) is 10.2. The third kappa shape index (κ3) is 5.16. The van der Waals surface area contributed by atoms with Crippen molar-refractivity contribution in [2.45, 2.75) is 18.0 Å². The van der Waals surface area contributed by atoms with Gasteiger partial charge in [0.05, 0.1) is 26.2 Å². The van der Waals surface area contributed by atoms with E-state index in [2.05, 4.69) is 4.98 Å². The van der Waals surface area contributed by atoms with Crippen LogP contribution < -0.4 is 19.9 Å². The highest BCUT2D eigenvalue weighted by molar-refractivity contribution is 7.89. The van der Waals surface area contributed by atoms with Crippen LogP contribution in [0, 0.1) is 0 Å². The van der Waals surface area contributed by atoms with Gasteiger partial charge in [-0.05, 0) is 53.6 Å². The van der Waals surface area contributed by atoms with E-state index in [1.807, 2.05) is 24.3 Å². The second-order valence-corrected chi connectivity index (χ2v) is 9.81. The molecular weight excluding hydrogens is 466 g/mol. The molecule has 0 aliphatic rings. The normalized spacial score (nSPS) is 11.5. The molecule has 0 bridgehead atoms. The maximum Gasteiger partial charge on any atom is 0.244 e. The Morgan fingerprint density at radius 3 is 1.80 bits per heavy atom. The molecule has 2 N–H and O–H groups in total. The minimum Gasteiger partial charge on any atom is -0.497 e. The van der Waals surface area contributed by atoms with Crippen LogP contribution in [0.25, 0.3) is 10.8 Å². The van der Waals surface area contributed by atoms with Crippen molar-refractivity contribution in [1.82, 2.24) is 9.29 Å².